The molecule has 5 nitrogen and oxygen atoms in total. The molecule has 0 aromatic heterocycles. The Morgan fingerprint density at radius 3 is 2.07 bits per heavy atom. The fourth-order valence-corrected chi connectivity index (χ4v) is 4.05. The molecule has 1 rings (SSSR count). The first-order chi connectivity index (χ1) is 14.7. The highest BCUT2D eigenvalue weighted by Gasteiger charge is 2.19. The van der Waals surface area contributed by atoms with Crippen LogP contribution in [0, 0.1) is 0 Å². The van der Waals surface area contributed by atoms with Crippen molar-refractivity contribution in [1.29, 1.82) is 0 Å². The van der Waals surface area contributed by atoms with Crippen LogP contribution in [0.15, 0.2) is 0 Å². The van der Waals surface area contributed by atoms with Gasteiger partial charge in [-0.1, -0.05) is 65.2 Å². The Morgan fingerprint density at radius 1 is 0.767 bits per heavy atom. The molecule has 1 aliphatic rings. The molecule has 0 spiro atoms. The predicted molar refractivity (Wildman–Crippen MR) is 125 cm³/mol. The van der Waals surface area contributed by atoms with Gasteiger partial charge in [-0.05, 0) is 51.6 Å². The summed E-state index contributed by atoms with van der Waals surface area (Å²) in [5.74, 6) is 0.170. The van der Waals surface area contributed by atoms with Gasteiger partial charge >= 0.3 is 5.97 Å². The van der Waals surface area contributed by atoms with Crippen LogP contribution in [-0.4, -0.2) is 61.0 Å². The van der Waals surface area contributed by atoms with Gasteiger partial charge in [0.05, 0.1) is 13.2 Å². The highest BCUT2D eigenvalue weighted by atomic mass is 16.5. The fourth-order valence-electron chi connectivity index (χ4n) is 4.05. The minimum atomic E-state index is -0.0932. The van der Waals surface area contributed by atoms with Gasteiger partial charge in [0.1, 0.15) is 0 Å². The molecule has 30 heavy (non-hydrogen) atoms. The highest BCUT2D eigenvalue weighted by molar-refractivity contribution is 5.78. The first kappa shape index (κ1) is 26.9. The number of ether oxygens (including phenoxy) is 1. The maximum absolute atomic E-state index is 12.7. The van der Waals surface area contributed by atoms with Gasteiger partial charge in [0, 0.05) is 19.5 Å². The lowest BCUT2D eigenvalue weighted by atomic mass is 10.1. The van der Waals surface area contributed by atoms with Crippen LogP contribution in [0.4, 0.5) is 0 Å². The Balaban J connectivity index is 2.31. The van der Waals surface area contributed by atoms with Crippen molar-refractivity contribution in [2.45, 2.75) is 110 Å². The molecular formula is C25H48N2O3. The van der Waals surface area contributed by atoms with Crippen molar-refractivity contribution in [3.8, 4) is 0 Å². The number of piperidine rings is 1. The molecule has 0 radical (unpaired) electrons. The lowest BCUT2D eigenvalue weighted by molar-refractivity contribution is -0.143. The second kappa shape index (κ2) is 18.7. The molecule has 0 bridgehead atoms. The molecule has 0 aromatic rings. The van der Waals surface area contributed by atoms with E-state index in [1.54, 1.807) is 0 Å². The van der Waals surface area contributed by atoms with Crippen molar-refractivity contribution in [2.75, 3.05) is 39.3 Å². The number of carbonyl (C=O) groups is 2. The van der Waals surface area contributed by atoms with E-state index in [9.17, 15) is 9.59 Å². The van der Waals surface area contributed by atoms with Crippen molar-refractivity contribution in [2.24, 2.45) is 0 Å². The normalized spacial score (nSPS) is 14.3. The molecule has 1 amide bonds. The molecule has 1 saturated heterocycles. The number of nitrogens with zero attached hydrogens (tertiary/aromatic N) is 2. The molecule has 0 saturated carbocycles. The maximum atomic E-state index is 12.7. The molecule has 5 heteroatoms. The van der Waals surface area contributed by atoms with Gasteiger partial charge in [0.25, 0.3) is 0 Å². The first-order valence-corrected chi connectivity index (χ1v) is 12.8. The molecule has 1 heterocycles. The minimum Gasteiger partial charge on any atom is -0.466 e. The lowest BCUT2D eigenvalue weighted by Crippen LogP contribution is -2.43. The smallest absolute Gasteiger partial charge is 0.305 e. The van der Waals surface area contributed by atoms with E-state index in [0.29, 0.717) is 19.6 Å². The van der Waals surface area contributed by atoms with Gasteiger partial charge in [-0.15, -0.1) is 0 Å². The maximum Gasteiger partial charge on any atom is 0.305 e. The van der Waals surface area contributed by atoms with E-state index in [2.05, 4.69) is 18.7 Å². The van der Waals surface area contributed by atoms with E-state index in [1.807, 2.05) is 4.90 Å². The molecule has 0 aliphatic carbocycles. The second-order valence-electron chi connectivity index (χ2n) is 8.87. The predicted octanol–water partition coefficient (Wildman–Crippen LogP) is 5.57. The van der Waals surface area contributed by atoms with E-state index in [4.69, 9.17) is 4.74 Å². The standard InChI is InChI=1S/C25H48N2O3/c1-3-5-7-8-9-10-12-18-26(23-24(28)27-20-13-11-14-21-27)19-16-17-25(29)30-22-15-6-4-2/h3-23H2,1-2H3. The topological polar surface area (TPSA) is 49.9 Å². The molecule has 176 valence electrons. The van der Waals surface area contributed by atoms with Crippen LogP contribution in [0.1, 0.15) is 110 Å². The number of carbonyl (C=O) groups excluding carboxylic acids is 2. The largest absolute Gasteiger partial charge is 0.466 e. The summed E-state index contributed by atoms with van der Waals surface area (Å²) in [5, 5.41) is 0. The molecule has 1 fully saturated rings. The number of esters is 1. The van der Waals surface area contributed by atoms with Crippen LogP contribution in [-0.2, 0) is 14.3 Å². The summed E-state index contributed by atoms with van der Waals surface area (Å²) in [6, 6.07) is 0. The SMILES string of the molecule is CCCCCCCCCN(CCCC(=O)OCCCCC)CC(=O)N1CCCCC1. The number of unbranched alkanes of at least 4 members (excludes halogenated alkanes) is 8. The van der Waals surface area contributed by atoms with Gasteiger partial charge in [0.15, 0.2) is 0 Å². The van der Waals surface area contributed by atoms with Crippen LogP contribution < -0.4 is 0 Å². The molecule has 0 unspecified atom stereocenters. The van der Waals surface area contributed by atoms with Crippen molar-refractivity contribution in [3.05, 3.63) is 0 Å². The van der Waals surface area contributed by atoms with Gasteiger partial charge in [-0.25, -0.2) is 0 Å². The second-order valence-corrected chi connectivity index (χ2v) is 8.87. The summed E-state index contributed by atoms with van der Waals surface area (Å²) in [6.45, 7) is 9.02. The van der Waals surface area contributed by atoms with Crippen molar-refractivity contribution >= 4 is 11.9 Å². The average molecular weight is 425 g/mol. The summed E-state index contributed by atoms with van der Waals surface area (Å²) < 4.78 is 5.31. The quantitative estimate of drug-likeness (QED) is 0.213. The summed E-state index contributed by atoms with van der Waals surface area (Å²) >= 11 is 0. The third-order valence-electron chi connectivity index (χ3n) is 6.01. The van der Waals surface area contributed by atoms with Gasteiger partial charge < -0.3 is 9.64 Å². The van der Waals surface area contributed by atoms with Crippen LogP contribution in [0.5, 0.6) is 0 Å². The molecule has 0 atom stereocenters. The lowest BCUT2D eigenvalue weighted by Gasteiger charge is -2.30. The first-order valence-electron chi connectivity index (χ1n) is 12.8. The summed E-state index contributed by atoms with van der Waals surface area (Å²) in [7, 11) is 0. The molecule has 1 aliphatic heterocycles. The zero-order chi connectivity index (χ0) is 21.9. The number of likely N-dealkylation sites (tertiary alicyclic amines) is 1. The minimum absolute atomic E-state index is 0.0932. The van der Waals surface area contributed by atoms with Gasteiger partial charge in [-0.3, -0.25) is 14.5 Å². The Kier molecular flexibility index (Phi) is 16.7. The average Bonchev–Trinajstić information content (AvgIpc) is 2.76. The third-order valence-corrected chi connectivity index (χ3v) is 6.01. The number of hydrogen-bond acceptors (Lipinski definition) is 4. The van der Waals surface area contributed by atoms with Crippen LogP contribution in [0.25, 0.3) is 0 Å². The summed E-state index contributed by atoms with van der Waals surface area (Å²) in [4.78, 5) is 28.9. The highest BCUT2D eigenvalue weighted by Crippen LogP contribution is 2.11. The molecular weight excluding hydrogens is 376 g/mol. The van der Waals surface area contributed by atoms with Crippen molar-refractivity contribution in [1.82, 2.24) is 9.80 Å². The number of hydrogen-bond donors (Lipinski definition) is 0. The number of amides is 1. The summed E-state index contributed by atoms with van der Waals surface area (Å²) in [6.07, 6.45) is 16.9. The fraction of sp³-hybridized carbons (Fsp3) is 0.920. The monoisotopic (exact) mass is 424 g/mol. The van der Waals surface area contributed by atoms with E-state index in [-0.39, 0.29) is 11.9 Å². The van der Waals surface area contributed by atoms with E-state index in [1.165, 1.54) is 44.9 Å². The van der Waals surface area contributed by atoms with Crippen molar-refractivity contribution < 1.29 is 14.3 Å². The van der Waals surface area contributed by atoms with Crippen LogP contribution in [0.3, 0.4) is 0 Å². The number of rotatable bonds is 18. The van der Waals surface area contributed by atoms with Gasteiger partial charge in [-0.2, -0.15) is 0 Å². The Labute approximate surface area is 185 Å². The zero-order valence-corrected chi connectivity index (χ0v) is 20.0. The Morgan fingerprint density at radius 2 is 1.37 bits per heavy atom. The van der Waals surface area contributed by atoms with E-state index < -0.39 is 0 Å². The third kappa shape index (κ3) is 14.0. The zero-order valence-electron chi connectivity index (χ0n) is 20.0. The van der Waals surface area contributed by atoms with Crippen LogP contribution >= 0.6 is 0 Å². The molecule has 0 aromatic carbocycles. The van der Waals surface area contributed by atoms with E-state index >= 15 is 0 Å². The van der Waals surface area contributed by atoms with Crippen LogP contribution in [0.2, 0.25) is 0 Å². The van der Waals surface area contributed by atoms with E-state index in [0.717, 1.165) is 71.1 Å². The molecule has 0 N–H and O–H groups in total. The Bertz CT molecular complexity index is 436. The summed E-state index contributed by atoms with van der Waals surface area (Å²) in [5.41, 5.74) is 0. The Hall–Kier alpha value is -1.10. The van der Waals surface area contributed by atoms with Crippen molar-refractivity contribution in [3.63, 3.8) is 0 Å². The van der Waals surface area contributed by atoms with Gasteiger partial charge in [0.2, 0.25) is 5.91 Å².